The van der Waals surface area contributed by atoms with E-state index in [0.29, 0.717) is 22.9 Å². The molecule has 0 saturated carbocycles. The van der Waals surface area contributed by atoms with Crippen molar-refractivity contribution < 1.29 is 14.6 Å². The molecule has 1 aliphatic rings. The summed E-state index contributed by atoms with van der Waals surface area (Å²) in [5.41, 5.74) is 0.865. The average molecular weight is 303 g/mol. The Bertz CT molecular complexity index is 462. The van der Waals surface area contributed by atoms with Gasteiger partial charge in [0.2, 0.25) is 0 Å². The number of hydrogen-bond acceptors (Lipinski definition) is 3. The molecule has 5 heteroatoms. The van der Waals surface area contributed by atoms with Gasteiger partial charge in [-0.15, -0.1) is 0 Å². The van der Waals surface area contributed by atoms with Gasteiger partial charge in [-0.3, -0.25) is 0 Å². The van der Waals surface area contributed by atoms with Crippen LogP contribution in [0.5, 0.6) is 0 Å². The molecule has 0 unspecified atom stereocenters. The van der Waals surface area contributed by atoms with Gasteiger partial charge in [0, 0.05) is 30.0 Å². The molecule has 1 fully saturated rings. The number of benzene rings is 1. The molecular weight excluding hydrogens is 287 g/mol. The summed E-state index contributed by atoms with van der Waals surface area (Å²) in [7, 11) is 1.57. The van der Waals surface area contributed by atoms with E-state index in [0.717, 1.165) is 5.56 Å². The van der Waals surface area contributed by atoms with Crippen molar-refractivity contribution in [3.8, 4) is 0 Å². The standard InChI is InChI=1S/C14H16Cl2O3/c1-18-14-8-11(17)7-12(19-14)5-3-9-2-4-10(15)6-13(9)16/h2-6,11-12,14,17H,7-8H2,1H3/b5-3+/t11-,12-,14-/m1/s1. The van der Waals surface area contributed by atoms with Crippen LogP contribution >= 0.6 is 23.2 Å². The summed E-state index contributed by atoms with van der Waals surface area (Å²) in [6.45, 7) is 0. The van der Waals surface area contributed by atoms with Gasteiger partial charge in [0.05, 0.1) is 12.2 Å². The fourth-order valence-electron chi connectivity index (χ4n) is 2.02. The molecule has 1 saturated heterocycles. The molecule has 3 nitrogen and oxygen atoms in total. The van der Waals surface area contributed by atoms with E-state index in [2.05, 4.69) is 0 Å². The lowest BCUT2D eigenvalue weighted by Gasteiger charge is -2.30. The van der Waals surface area contributed by atoms with Crippen molar-refractivity contribution in [2.75, 3.05) is 7.11 Å². The largest absolute Gasteiger partial charge is 0.393 e. The molecule has 2 rings (SSSR count). The lowest BCUT2D eigenvalue weighted by Crippen LogP contribution is -2.35. The second kappa shape index (κ2) is 6.73. The van der Waals surface area contributed by atoms with E-state index in [4.69, 9.17) is 32.7 Å². The molecule has 0 bridgehead atoms. The SMILES string of the molecule is CO[C@H]1C[C@H](O)C[C@@H](/C=C/c2ccc(Cl)cc2Cl)O1. The lowest BCUT2D eigenvalue weighted by atomic mass is 10.0. The van der Waals surface area contributed by atoms with Crippen LogP contribution in [0.15, 0.2) is 24.3 Å². The zero-order valence-corrected chi connectivity index (χ0v) is 12.1. The molecule has 1 aliphatic heterocycles. The average Bonchev–Trinajstić information content (AvgIpc) is 2.37. The maximum absolute atomic E-state index is 9.73. The second-order valence-corrected chi connectivity index (χ2v) is 5.33. The number of aliphatic hydroxyl groups is 1. The van der Waals surface area contributed by atoms with Crippen molar-refractivity contribution in [2.45, 2.75) is 31.3 Å². The maximum atomic E-state index is 9.73. The normalized spacial score (nSPS) is 27.9. The highest BCUT2D eigenvalue weighted by Gasteiger charge is 2.26. The van der Waals surface area contributed by atoms with E-state index in [1.54, 1.807) is 19.2 Å². The van der Waals surface area contributed by atoms with Gasteiger partial charge >= 0.3 is 0 Å². The van der Waals surface area contributed by atoms with E-state index in [1.807, 2.05) is 18.2 Å². The Morgan fingerprint density at radius 2 is 2.16 bits per heavy atom. The number of aliphatic hydroxyl groups excluding tert-OH is 1. The van der Waals surface area contributed by atoms with E-state index in [1.165, 1.54) is 0 Å². The Balaban J connectivity index is 2.05. The Hall–Kier alpha value is -0.580. The van der Waals surface area contributed by atoms with Crippen LogP contribution in [0, 0.1) is 0 Å². The topological polar surface area (TPSA) is 38.7 Å². The first-order valence-corrected chi connectivity index (χ1v) is 6.83. The van der Waals surface area contributed by atoms with E-state index < -0.39 is 6.10 Å². The quantitative estimate of drug-likeness (QED) is 0.928. The van der Waals surface area contributed by atoms with Gasteiger partial charge in [-0.1, -0.05) is 41.4 Å². The van der Waals surface area contributed by atoms with Crippen molar-refractivity contribution in [1.82, 2.24) is 0 Å². The first-order valence-electron chi connectivity index (χ1n) is 6.08. The number of rotatable bonds is 3. The zero-order valence-electron chi connectivity index (χ0n) is 10.6. The molecule has 104 valence electrons. The summed E-state index contributed by atoms with van der Waals surface area (Å²) in [4.78, 5) is 0. The molecule has 0 aliphatic carbocycles. The molecule has 3 atom stereocenters. The summed E-state index contributed by atoms with van der Waals surface area (Å²) in [6, 6.07) is 5.31. The second-order valence-electron chi connectivity index (χ2n) is 4.49. The number of halogens is 2. The molecule has 1 aromatic rings. The van der Waals surface area contributed by atoms with Crippen LogP contribution in [0.3, 0.4) is 0 Å². The third-order valence-corrected chi connectivity index (χ3v) is 3.57. The van der Waals surface area contributed by atoms with Gasteiger partial charge in [0.15, 0.2) is 6.29 Å². The van der Waals surface area contributed by atoms with E-state index >= 15 is 0 Å². The highest BCUT2D eigenvalue weighted by atomic mass is 35.5. The molecular formula is C14H16Cl2O3. The van der Waals surface area contributed by atoms with Crippen molar-refractivity contribution >= 4 is 29.3 Å². The number of methoxy groups -OCH3 is 1. The minimum Gasteiger partial charge on any atom is -0.393 e. The smallest absolute Gasteiger partial charge is 0.160 e. The van der Waals surface area contributed by atoms with Crippen molar-refractivity contribution in [3.63, 3.8) is 0 Å². The third kappa shape index (κ3) is 4.20. The van der Waals surface area contributed by atoms with Crippen LogP contribution in [-0.4, -0.2) is 30.7 Å². The predicted molar refractivity (Wildman–Crippen MR) is 76.4 cm³/mol. The summed E-state index contributed by atoms with van der Waals surface area (Å²) in [6.07, 6.45) is 3.86. The fraction of sp³-hybridized carbons (Fsp3) is 0.429. The van der Waals surface area contributed by atoms with E-state index in [9.17, 15) is 5.11 Å². The van der Waals surface area contributed by atoms with Crippen LogP contribution in [0.25, 0.3) is 6.08 Å². The Labute approximate surface area is 122 Å². The number of hydrogen-bond donors (Lipinski definition) is 1. The van der Waals surface area contributed by atoms with Gasteiger partial charge in [-0.05, 0) is 17.7 Å². The number of ether oxygens (including phenoxy) is 2. The first-order chi connectivity index (χ1) is 9.08. The third-order valence-electron chi connectivity index (χ3n) is 3.01. The predicted octanol–water partition coefficient (Wildman–Crippen LogP) is 3.52. The van der Waals surface area contributed by atoms with Gasteiger partial charge < -0.3 is 14.6 Å². The van der Waals surface area contributed by atoms with Crippen molar-refractivity contribution in [3.05, 3.63) is 39.9 Å². The van der Waals surface area contributed by atoms with Crippen LogP contribution in [0.4, 0.5) is 0 Å². The summed E-state index contributed by atoms with van der Waals surface area (Å²) in [5, 5.41) is 10.9. The molecule has 1 heterocycles. The van der Waals surface area contributed by atoms with Gasteiger partial charge in [0.25, 0.3) is 0 Å². The zero-order chi connectivity index (χ0) is 13.8. The van der Waals surface area contributed by atoms with Crippen LogP contribution in [0.2, 0.25) is 10.0 Å². The molecule has 0 spiro atoms. The highest BCUT2D eigenvalue weighted by Crippen LogP contribution is 2.25. The summed E-state index contributed by atoms with van der Waals surface area (Å²) < 4.78 is 10.8. The monoisotopic (exact) mass is 302 g/mol. The Morgan fingerprint density at radius 3 is 2.84 bits per heavy atom. The lowest BCUT2D eigenvalue weighted by molar-refractivity contribution is -0.191. The Kier molecular flexibility index (Phi) is 5.25. The van der Waals surface area contributed by atoms with Crippen LogP contribution in [0.1, 0.15) is 18.4 Å². The Morgan fingerprint density at radius 1 is 1.37 bits per heavy atom. The first kappa shape index (κ1) is 14.8. The highest BCUT2D eigenvalue weighted by molar-refractivity contribution is 6.35. The minimum atomic E-state index is -0.408. The van der Waals surface area contributed by atoms with Crippen molar-refractivity contribution in [1.29, 1.82) is 0 Å². The molecule has 1 aromatic carbocycles. The van der Waals surface area contributed by atoms with E-state index in [-0.39, 0.29) is 12.4 Å². The molecule has 0 amide bonds. The van der Waals surface area contributed by atoms with Gasteiger partial charge in [-0.25, -0.2) is 0 Å². The molecule has 0 radical (unpaired) electrons. The minimum absolute atomic E-state index is 0.180. The summed E-state index contributed by atoms with van der Waals surface area (Å²) >= 11 is 11.9. The molecule has 19 heavy (non-hydrogen) atoms. The van der Waals surface area contributed by atoms with Gasteiger partial charge in [-0.2, -0.15) is 0 Å². The summed E-state index contributed by atoms with van der Waals surface area (Å²) in [5.74, 6) is 0. The maximum Gasteiger partial charge on any atom is 0.160 e. The van der Waals surface area contributed by atoms with Gasteiger partial charge in [0.1, 0.15) is 0 Å². The van der Waals surface area contributed by atoms with Crippen molar-refractivity contribution in [2.24, 2.45) is 0 Å². The van der Waals surface area contributed by atoms with Crippen LogP contribution in [-0.2, 0) is 9.47 Å². The fourth-order valence-corrected chi connectivity index (χ4v) is 2.49. The van der Waals surface area contributed by atoms with Crippen LogP contribution < -0.4 is 0 Å². The molecule has 0 aromatic heterocycles. The molecule has 1 N–H and O–H groups in total.